The molecular formula is C13H12ClNO4S. The van der Waals surface area contributed by atoms with Gasteiger partial charge in [-0.25, -0.2) is 0 Å². The number of ether oxygens (including phenoxy) is 1. The van der Waals surface area contributed by atoms with Gasteiger partial charge in [0, 0.05) is 5.02 Å². The summed E-state index contributed by atoms with van der Waals surface area (Å²) in [6.07, 6.45) is 0. The van der Waals surface area contributed by atoms with E-state index in [1.54, 1.807) is 0 Å². The molecule has 0 bridgehead atoms. The van der Waals surface area contributed by atoms with Crippen molar-refractivity contribution < 1.29 is 18.4 Å². The molecule has 0 spiro atoms. The SMILES string of the molecule is COc1ccc(S(=O)(=O)N(O)c2ccc(Cl)cc2)cc1. The molecule has 2 rings (SSSR count). The molecule has 0 heterocycles. The second-order valence-electron chi connectivity index (χ2n) is 3.90. The van der Waals surface area contributed by atoms with Crippen molar-refractivity contribution in [1.29, 1.82) is 0 Å². The summed E-state index contributed by atoms with van der Waals surface area (Å²) in [5, 5.41) is 10.3. The summed E-state index contributed by atoms with van der Waals surface area (Å²) in [5.41, 5.74) is 0.102. The number of rotatable bonds is 4. The molecule has 2 aromatic carbocycles. The lowest BCUT2D eigenvalue weighted by Crippen LogP contribution is -2.27. The van der Waals surface area contributed by atoms with Gasteiger partial charge in [0.1, 0.15) is 5.75 Å². The molecule has 0 aliphatic carbocycles. The summed E-state index contributed by atoms with van der Waals surface area (Å²) >= 11 is 5.72. The zero-order valence-corrected chi connectivity index (χ0v) is 12.1. The second kappa shape index (κ2) is 5.70. The van der Waals surface area contributed by atoms with Gasteiger partial charge in [-0.2, -0.15) is 8.42 Å². The topological polar surface area (TPSA) is 66.8 Å². The van der Waals surface area contributed by atoms with E-state index in [0.29, 0.717) is 10.8 Å². The molecule has 0 aliphatic rings. The van der Waals surface area contributed by atoms with Crippen molar-refractivity contribution in [3.63, 3.8) is 0 Å². The first kappa shape index (κ1) is 14.6. The Morgan fingerprint density at radius 2 is 1.60 bits per heavy atom. The fraction of sp³-hybridized carbons (Fsp3) is 0.0769. The van der Waals surface area contributed by atoms with Crippen LogP contribution in [0.4, 0.5) is 5.69 Å². The van der Waals surface area contributed by atoms with Crippen LogP contribution in [0.2, 0.25) is 5.02 Å². The largest absolute Gasteiger partial charge is 0.497 e. The van der Waals surface area contributed by atoms with Crippen LogP contribution in [0.3, 0.4) is 0 Å². The van der Waals surface area contributed by atoms with Gasteiger partial charge in [-0.1, -0.05) is 11.6 Å². The van der Waals surface area contributed by atoms with Crippen LogP contribution in [0.1, 0.15) is 0 Å². The lowest BCUT2D eigenvalue weighted by Gasteiger charge is -2.17. The minimum absolute atomic E-state index is 0.0456. The number of nitrogens with zero attached hydrogens (tertiary/aromatic N) is 1. The Labute approximate surface area is 122 Å². The van der Waals surface area contributed by atoms with Gasteiger partial charge in [0.25, 0.3) is 10.0 Å². The third-order valence-electron chi connectivity index (χ3n) is 2.63. The first-order valence-corrected chi connectivity index (χ1v) is 7.41. The van der Waals surface area contributed by atoms with E-state index < -0.39 is 10.0 Å². The van der Waals surface area contributed by atoms with E-state index in [0.717, 1.165) is 0 Å². The fourth-order valence-corrected chi connectivity index (χ4v) is 2.76. The first-order valence-electron chi connectivity index (χ1n) is 5.59. The molecule has 0 atom stereocenters. The number of anilines is 1. The Hall–Kier alpha value is -1.76. The van der Waals surface area contributed by atoms with E-state index in [2.05, 4.69) is 0 Å². The second-order valence-corrected chi connectivity index (χ2v) is 6.10. The van der Waals surface area contributed by atoms with E-state index in [1.165, 1.54) is 55.6 Å². The first-order chi connectivity index (χ1) is 9.45. The number of benzene rings is 2. The van der Waals surface area contributed by atoms with E-state index in [9.17, 15) is 13.6 Å². The van der Waals surface area contributed by atoms with Crippen LogP contribution in [-0.4, -0.2) is 20.7 Å². The Morgan fingerprint density at radius 1 is 1.05 bits per heavy atom. The van der Waals surface area contributed by atoms with Crippen LogP contribution in [-0.2, 0) is 10.0 Å². The maximum Gasteiger partial charge on any atom is 0.286 e. The van der Waals surface area contributed by atoms with Gasteiger partial charge in [-0.05, 0) is 48.5 Å². The third kappa shape index (κ3) is 2.87. The van der Waals surface area contributed by atoms with Crippen molar-refractivity contribution in [3.8, 4) is 5.75 Å². The van der Waals surface area contributed by atoms with Crippen LogP contribution >= 0.6 is 11.6 Å². The zero-order chi connectivity index (χ0) is 14.8. The summed E-state index contributed by atoms with van der Waals surface area (Å²) in [6, 6.07) is 11.5. The van der Waals surface area contributed by atoms with Gasteiger partial charge < -0.3 is 4.74 Å². The molecular weight excluding hydrogens is 302 g/mol. The number of hydrogen-bond donors (Lipinski definition) is 1. The van der Waals surface area contributed by atoms with Crippen molar-refractivity contribution >= 4 is 27.3 Å². The monoisotopic (exact) mass is 313 g/mol. The van der Waals surface area contributed by atoms with Crippen LogP contribution in [0, 0.1) is 0 Å². The van der Waals surface area contributed by atoms with Crippen LogP contribution in [0.25, 0.3) is 0 Å². The molecule has 0 unspecified atom stereocenters. The lowest BCUT2D eigenvalue weighted by atomic mass is 10.3. The smallest absolute Gasteiger partial charge is 0.286 e. The normalized spacial score (nSPS) is 11.2. The van der Waals surface area contributed by atoms with Crippen LogP contribution in [0.15, 0.2) is 53.4 Å². The van der Waals surface area contributed by atoms with Gasteiger partial charge >= 0.3 is 0 Å². The van der Waals surface area contributed by atoms with Crippen molar-refractivity contribution in [2.24, 2.45) is 0 Å². The quantitative estimate of drug-likeness (QED) is 0.881. The van der Waals surface area contributed by atoms with E-state index in [1.807, 2.05) is 0 Å². The molecule has 0 fully saturated rings. The van der Waals surface area contributed by atoms with Crippen molar-refractivity contribution in [2.75, 3.05) is 11.6 Å². The maximum absolute atomic E-state index is 12.2. The van der Waals surface area contributed by atoms with E-state index in [-0.39, 0.29) is 15.1 Å². The predicted molar refractivity (Wildman–Crippen MR) is 75.9 cm³/mol. The average molecular weight is 314 g/mol. The molecule has 1 N–H and O–H groups in total. The molecule has 0 amide bonds. The number of sulfonamides is 1. The summed E-state index contributed by atoms with van der Waals surface area (Å²) in [7, 11) is -2.56. The number of methoxy groups -OCH3 is 1. The highest BCUT2D eigenvalue weighted by atomic mass is 35.5. The van der Waals surface area contributed by atoms with Crippen molar-refractivity contribution in [1.82, 2.24) is 0 Å². The van der Waals surface area contributed by atoms with Gasteiger partial charge in [-0.15, -0.1) is 4.47 Å². The van der Waals surface area contributed by atoms with Crippen LogP contribution < -0.4 is 9.21 Å². The summed E-state index contributed by atoms with van der Waals surface area (Å²) in [6.45, 7) is 0. The molecule has 2 aromatic rings. The van der Waals surface area contributed by atoms with Gasteiger partial charge in [0.15, 0.2) is 0 Å². The molecule has 0 saturated carbocycles. The molecule has 106 valence electrons. The predicted octanol–water partition coefficient (Wildman–Crippen LogP) is 2.93. The van der Waals surface area contributed by atoms with E-state index in [4.69, 9.17) is 16.3 Å². The summed E-state index contributed by atoms with van der Waals surface area (Å²) in [5.74, 6) is 0.528. The van der Waals surface area contributed by atoms with Crippen LogP contribution in [0.5, 0.6) is 5.75 Å². The van der Waals surface area contributed by atoms with Gasteiger partial charge in [0.05, 0.1) is 17.7 Å². The molecule has 5 nitrogen and oxygen atoms in total. The zero-order valence-electron chi connectivity index (χ0n) is 10.5. The third-order valence-corrected chi connectivity index (χ3v) is 4.42. The highest BCUT2D eigenvalue weighted by Crippen LogP contribution is 2.24. The minimum atomic E-state index is -4.04. The number of halogens is 1. The molecule has 0 radical (unpaired) electrons. The molecule has 0 saturated heterocycles. The fourth-order valence-electron chi connectivity index (χ4n) is 1.55. The Balaban J connectivity index is 2.35. The summed E-state index contributed by atoms with van der Waals surface area (Å²) < 4.78 is 29.6. The Morgan fingerprint density at radius 3 is 2.10 bits per heavy atom. The lowest BCUT2D eigenvalue weighted by molar-refractivity contribution is 0.316. The van der Waals surface area contributed by atoms with Gasteiger partial charge in [0.2, 0.25) is 0 Å². The Kier molecular flexibility index (Phi) is 4.17. The molecule has 0 aliphatic heterocycles. The van der Waals surface area contributed by atoms with E-state index >= 15 is 0 Å². The Bertz CT molecular complexity index is 683. The minimum Gasteiger partial charge on any atom is -0.497 e. The van der Waals surface area contributed by atoms with Gasteiger partial charge in [-0.3, -0.25) is 5.21 Å². The highest BCUT2D eigenvalue weighted by molar-refractivity contribution is 7.92. The molecule has 7 heteroatoms. The molecule has 20 heavy (non-hydrogen) atoms. The van der Waals surface area contributed by atoms with Crippen molar-refractivity contribution in [3.05, 3.63) is 53.6 Å². The summed E-state index contributed by atoms with van der Waals surface area (Å²) in [4.78, 5) is -0.0456. The van der Waals surface area contributed by atoms with Crippen molar-refractivity contribution in [2.45, 2.75) is 4.90 Å². The average Bonchev–Trinajstić information content (AvgIpc) is 2.47. The molecule has 0 aromatic heterocycles. The maximum atomic E-state index is 12.2. The number of hydrogen-bond acceptors (Lipinski definition) is 4. The highest BCUT2D eigenvalue weighted by Gasteiger charge is 2.23. The standard InChI is InChI=1S/C13H12ClNO4S/c1-19-12-6-8-13(9-7-12)20(17,18)15(16)11-4-2-10(14)3-5-11/h2-9,16H,1H3.